The molecule has 66 valence electrons. The highest BCUT2D eigenvalue weighted by molar-refractivity contribution is 9.10. The lowest BCUT2D eigenvalue weighted by Gasteiger charge is -2.02. The Hall–Kier alpha value is -0.960. The van der Waals surface area contributed by atoms with E-state index in [0.717, 1.165) is 23.2 Å². The summed E-state index contributed by atoms with van der Waals surface area (Å²) in [5, 5.41) is 1.29. The average Bonchev–Trinajstić information content (AvgIpc) is 2.66. The van der Waals surface area contributed by atoms with Crippen LogP contribution in [0.15, 0.2) is 22.8 Å². The van der Waals surface area contributed by atoms with E-state index in [1.807, 2.05) is 6.20 Å². The van der Waals surface area contributed by atoms with Gasteiger partial charge in [-0.05, 0) is 28.1 Å². The summed E-state index contributed by atoms with van der Waals surface area (Å²) in [7, 11) is 0. The Morgan fingerprint density at radius 3 is 3.31 bits per heavy atom. The minimum absolute atomic E-state index is 0.804. The maximum atomic E-state index is 5.55. The number of rotatable bonds is 0. The second-order valence-electron chi connectivity index (χ2n) is 3.20. The van der Waals surface area contributed by atoms with Gasteiger partial charge in [-0.1, -0.05) is 0 Å². The summed E-state index contributed by atoms with van der Waals surface area (Å²) in [4.78, 5) is 3.20. The van der Waals surface area contributed by atoms with Gasteiger partial charge in [-0.15, -0.1) is 0 Å². The van der Waals surface area contributed by atoms with Crippen molar-refractivity contribution >= 4 is 26.8 Å². The van der Waals surface area contributed by atoms with Gasteiger partial charge in [0.15, 0.2) is 0 Å². The van der Waals surface area contributed by atoms with E-state index >= 15 is 0 Å². The molecule has 0 bridgehead atoms. The number of nitrogens with one attached hydrogen (secondary N) is 1. The summed E-state index contributed by atoms with van der Waals surface area (Å²) in [5.74, 6) is 1.02. The molecule has 0 atom stereocenters. The molecule has 0 spiro atoms. The lowest BCUT2D eigenvalue weighted by atomic mass is 10.1. The van der Waals surface area contributed by atoms with Crippen LogP contribution in [0.4, 0.5) is 0 Å². The highest BCUT2D eigenvalue weighted by atomic mass is 79.9. The third-order valence-corrected chi connectivity index (χ3v) is 3.05. The number of ether oxygens (including phenoxy) is 1. The van der Waals surface area contributed by atoms with Gasteiger partial charge >= 0.3 is 0 Å². The molecule has 1 aliphatic heterocycles. The molecule has 3 heteroatoms. The minimum Gasteiger partial charge on any atom is -0.492 e. The van der Waals surface area contributed by atoms with Gasteiger partial charge in [0.2, 0.25) is 0 Å². The molecule has 0 saturated carbocycles. The first-order valence-corrected chi connectivity index (χ1v) is 5.07. The molecule has 0 aliphatic carbocycles. The van der Waals surface area contributed by atoms with Crippen LogP contribution in [-0.4, -0.2) is 11.6 Å². The maximum Gasteiger partial charge on any atom is 0.137 e. The summed E-state index contributed by atoms with van der Waals surface area (Å²) in [6.07, 6.45) is 2.98. The van der Waals surface area contributed by atoms with E-state index in [4.69, 9.17) is 4.74 Å². The third kappa shape index (κ3) is 0.936. The van der Waals surface area contributed by atoms with Crippen LogP contribution in [0.25, 0.3) is 10.9 Å². The molecule has 2 nitrogen and oxygen atoms in total. The second kappa shape index (κ2) is 2.51. The summed E-state index contributed by atoms with van der Waals surface area (Å²) < 4.78 is 6.60. The van der Waals surface area contributed by atoms with E-state index in [9.17, 15) is 0 Å². The Bertz CT molecular complexity index is 475. The molecular weight excluding hydrogens is 230 g/mol. The van der Waals surface area contributed by atoms with Gasteiger partial charge in [0, 0.05) is 29.1 Å². The number of hydrogen-bond donors (Lipinski definition) is 1. The average molecular weight is 238 g/mol. The predicted octanol–water partition coefficient (Wildman–Crippen LogP) is 2.87. The normalized spacial score (nSPS) is 14.5. The van der Waals surface area contributed by atoms with Crippen molar-refractivity contribution in [3.63, 3.8) is 0 Å². The number of aromatic amines is 1. The van der Waals surface area contributed by atoms with Crippen molar-refractivity contribution in [2.24, 2.45) is 0 Å². The van der Waals surface area contributed by atoms with Crippen LogP contribution in [0.5, 0.6) is 5.75 Å². The van der Waals surface area contributed by atoms with Crippen molar-refractivity contribution in [2.45, 2.75) is 6.42 Å². The van der Waals surface area contributed by atoms with Crippen LogP contribution in [0, 0.1) is 0 Å². The summed E-state index contributed by atoms with van der Waals surface area (Å²) in [6, 6.07) is 4.18. The van der Waals surface area contributed by atoms with Crippen molar-refractivity contribution in [3.8, 4) is 5.75 Å². The fraction of sp³-hybridized carbons (Fsp3) is 0.200. The molecule has 0 saturated heterocycles. The largest absolute Gasteiger partial charge is 0.492 e. The minimum atomic E-state index is 0.804. The van der Waals surface area contributed by atoms with E-state index in [-0.39, 0.29) is 0 Å². The highest BCUT2D eigenvalue weighted by Crippen LogP contribution is 2.38. The smallest absolute Gasteiger partial charge is 0.137 e. The SMILES string of the molecule is Brc1cc2[nH]ccc2c2c1OCC2. The summed E-state index contributed by atoms with van der Waals surface area (Å²) in [6.45, 7) is 0.804. The maximum absolute atomic E-state index is 5.55. The molecule has 0 radical (unpaired) electrons. The molecule has 13 heavy (non-hydrogen) atoms. The first-order chi connectivity index (χ1) is 6.36. The molecule has 1 aromatic carbocycles. The molecule has 0 amide bonds. The van der Waals surface area contributed by atoms with E-state index in [0.29, 0.717) is 0 Å². The number of fused-ring (bicyclic) bond motifs is 3. The van der Waals surface area contributed by atoms with Crippen LogP contribution >= 0.6 is 15.9 Å². The number of aromatic nitrogens is 1. The molecular formula is C10H8BrNO. The molecule has 2 aromatic rings. The lowest BCUT2D eigenvalue weighted by Crippen LogP contribution is -1.86. The van der Waals surface area contributed by atoms with Gasteiger partial charge in [0.25, 0.3) is 0 Å². The van der Waals surface area contributed by atoms with Crippen molar-refractivity contribution in [2.75, 3.05) is 6.61 Å². The van der Waals surface area contributed by atoms with E-state index < -0.39 is 0 Å². The molecule has 2 heterocycles. The Morgan fingerprint density at radius 2 is 2.38 bits per heavy atom. The molecule has 1 N–H and O–H groups in total. The van der Waals surface area contributed by atoms with Gasteiger partial charge in [0.05, 0.1) is 11.1 Å². The molecule has 1 aliphatic rings. The number of benzene rings is 1. The van der Waals surface area contributed by atoms with Crippen LogP contribution in [0.3, 0.4) is 0 Å². The zero-order chi connectivity index (χ0) is 8.84. The van der Waals surface area contributed by atoms with Crippen LogP contribution < -0.4 is 4.74 Å². The number of H-pyrrole nitrogens is 1. The second-order valence-corrected chi connectivity index (χ2v) is 4.06. The van der Waals surface area contributed by atoms with Gasteiger partial charge in [-0.25, -0.2) is 0 Å². The van der Waals surface area contributed by atoms with E-state index in [1.165, 1.54) is 16.5 Å². The quantitative estimate of drug-likeness (QED) is 0.749. The van der Waals surface area contributed by atoms with E-state index in [1.54, 1.807) is 0 Å². The zero-order valence-electron chi connectivity index (χ0n) is 6.93. The van der Waals surface area contributed by atoms with Gasteiger partial charge < -0.3 is 9.72 Å². The van der Waals surface area contributed by atoms with Gasteiger partial charge in [-0.3, -0.25) is 0 Å². The van der Waals surface area contributed by atoms with Crippen LogP contribution in [0.2, 0.25) is 0 Å². The molecule has 3 rings (SSSR count). The van der Waals surface area contributed by atoms with Crippen molar-refractivity contribution in [1.82, 2.24) is 4.98 Å². The standard InChI is InChI=1S/C10H8BrNO/c11-8-5-9-6(1-3-12-9)7-2-4-13-10(7)8/h1,3,5,12H,2,4H2. The van der Waals surface area contributed by atoms with Crippen LogP contribution in [-0.2, 0) is 6.42 Å². The molecule has 0 unspecified atom stereocenters. The first-order valence-electron chi connectivity index (χ1n) is 4.27. The van der Waals surface area contributed by atoms with Crippen molar-refractivity contribution < 1.29 is 4.74 Å². The fourth-order valence-corrected chi connectivity index (χ4v) is 2.47. The monoisotopic (exact) mass is 237 g/mol. The Balaban J connectivity index is 2.48. The van der Waals surface area contributed by atoms with Gasteiger partial charge in [-0.2, -0.15) is 0 Å². The fourth-order valence-electron chi connectivity index (χ4n) is 1.88. The summed E-state index contributed by atoms with van der Waals surface area (Å²) >= 11 is 3.51. The predicted molar refractivity (Wildman–Crippen MR) is 55.2 cm³/mol. The highest BCUT2D eigenvalue weighted by Gasteiger charge is 2.18. The van der Waals surface area contributed by atoms with Crippen LogP contribution in [0.1, 0.15) is 5.56 Å². The Kier molecular flexibility index (Phi) is 1.44. The molecule has 1 aromatic heterocycles. The van der Waals surface area contributed by atoms with Crippen molar-refractivity contribution in [1.29, 1.82) is 0 Å². The van der Waals surface area contributed by atoms with E-state index in [2.05, 4.69) is 33.0 Å². The number of hydrogen-bond acceptors (Lipinski definition) is 1. The number of halogens is 1. The first kappa shape index (κ1) is 7.44. The topological polar surface area (TPSA) is 25.0 Å². The molecule has 0 fully saturated rings. The van der Waals surface area contributed by atoms with Gasteiger partial charge in [0.1, 0.15) is 5.75 Å². The summed E-state index contributed by atoms with van der Waals surface area (Å²) in [5.41, 5.74) is 2.50. The lowest BCUT2D eigenvalue weighted by molar-refractivity contribution is 0.355. The zero-order valence-corrected chi connectivity index (χ0v) is 8.52. The van der Waals surface area contributed by atoms with Crippen molar-refractivity contribution in [3.05, 3.63) is 28.4 Å². The Labute approximate surface area is 84.0 Å². The third-order valence-electron chi connectivity index (χ3n) is 2.46. The Morgan fingerprint density at radius 1 is 1.46 bits per heavy atom.